The lowest BCUT2D eigenvalue weighted by atomic mass is 9.90. The summed E-state index contributed by atoms with van der Waals surface area (Å²) in [6.45, 7) is 7.73. The lowest BCUT2D eigenvalue weighted by Crippen LogP contribution is -2.10. The molecule has 2 aromatic carbocycles. The van der Waals surface area contributed by atoms with E-state index in [0.717, 1.165) is 11.1 Å². The van der Waals surface area contributed by atoms with Gasteiger partial charge in [0.15, 0.2) is 0 Å². The fraction of sp³-hybridized carbons (Fsp3) is 0.333. The molecule has 0 aliphatic carbocycles. The highest BCUT2D eigenvalue weighted by atomic mass is 32.2. The first-order chi connectivity index (χ1) is 10.2. The summed E-state index contributed by atoms with van der Waals surface area (Å²) in [4.78, 5) is 0.0668. The SMILES string of the molecule is CC(C)c1cc(-c2ccccc2)cc(C(C)C)c1S(=O)(=O)O. The van der Waals surface area contributed by atoms with Gasteiger partial charge >= 0.3 is 0 Å². The van der Waals surface area contributed by atoms with Crippen molar-refractivity contribution >= 4 is 10.1 Å². The van der Waals surface area contributed by atoms with Gasteiger partial charge in [-0.2, -0.15) is 8.42 Å². The lowest BCUT2D eigenvalue weighted by molar-refractivity contribution is 0.479. The van der Waals surface area contributed by atoms with Crippen molar-refractivity contribution in [2.24, 2.45) is 0 Å². The minimum absolute atomic E-state index is 0.00177. The van der Waals surface area contributed by atoms with Crippen LogP contribution in [0.1, 0.15) is 50.7 Å². The maximum absolute atomic E-state index is 11.9. The Balaban J connectivity index is 2.83. The number of rotatable bonds is 4. The van der Waals surface area contributed by atoms with Gasteiger partial charge in [0.2, 0.25) is 0 Å². The van der Waals surface area contributed by atoms with Crippen LogP contribution >= 0.6 is 0 Å². The van der Waals surface area contributed by atoms with Crippen LogP contribution in [0.3, 0.4) is 0 Å². The smallest absolute Gasteiger partial charge is 0.282 e. The summed E-state index contributed by atoms with van der Waals surface area (Å²) in [5, 5.41) is 0. The van der Waals surface area contributed by atoms with Crippen molar-refractivity contribution in [3.63, 3.8) is 0 Å². The van der Waals surface area contributed by atoms with Crippen LogP contribution in [0, 0.1) is 0 Å². The molecule has 4 heteroatoms. The van der Waals surface area contributed by atoms with Crippen LogP contribution in [0.2, 0.25) is 0 Å². The van der Waals surface area contributed by atoms with Crippen molar-refractivity contribution in [3.05, 3.63) is 53.6 Å². The van der Waals surface area contributed by atoms with Crippen molar-refractivity contribution in [1.29, 1.82) is 0 Å². The molecule has 0 atom stereocenters. The Kier molecular flexibility index (Phi) is 4.73. The van der Waals surface area contributed by atoms with E-state index in [4.69, 9.17) is 0 Å². The minimum atomic E-state index is -4.25. The molecular formula is C18H22O3S. The van der Waals surface area contributed by atoms with Gasteiger partial charge in [0.1, 0.15) is 4.90 Å². The fourth-order valence-corrected chi connectivity index (χ4v) is 3.81. The number of hydrogen-bond donors (Lipinski definition) is 1. The molecule has 22 heavy (non-hydrogen) atoms. The van der Waals surface area contributed by atoms with E-state index in [1.54, 1.807) is 0 Å². The Morgan fingerprint density at radius 2 is 1.27 bits per heavy atom. The lowest BCUT2D eigenvalue weighted by Gasteiger charge is -2.19. The molecule has 0 aliphatic heterocycles. The van der Waals surface area contributed by atoms with Gasteiger partial charge in [-0.3, -0.25) is 4.55 Å². The average Bonchev–Trinajstić information content (AvgIpc) is 2.45. The number of hydrogen-bond acceptors (Lipinski definition) is 2. The standard InChI is InChI=1S/C18H22O3S/c1-12(2)16-10-15(14-8-6-5-7-9-14)11-17(13(3)4)18(16)22(19,20)21/h5-13H,1-4H3,(H,19,20,21). The molecule has 0 fully saturated rings. The summed E-state index contributed by atoms with van der Waals surface area (Å²) >= 11 is 0. The van der Waals surface area contributed by atoms with E-state index in [0.29, 0.717) is 11.1 Å². The molecule has 0 heterocycles. The molecular weight excluding hydrogens is 296 g/mol. The van der Waals surface area contributed by atoms with Gasteiger partial charge in [0.05, 0.1) is 0 Å². The van der Waals surface area contributed by atoms with E-state index >= 15 is 0 Å². The molecule has 0 bridgehead atoms. The van der Waals surface area contributed by atoms with Crippen LogP contribution in [0.4, 0.5) is 0 Å². The third kappa shape index (κ3) is 3.39. The first-order valence-corrected chi connectivity index (χ1v) is 8.86. The van der Waals surface area contributed by atoms with Crippen LogP contribution in [0.15, 0.2) is 47.4 Å². The van der Waals surface area contributed by atoms with E-state index in [1.165, 1.54) is 0 Å². The van der Waals surface area contributed by atoms with Crippen molar-refractivity contribution in [2.75, 3.05) is 0 Å². The summed E-state index contributed by atoms with van der Waals surface area (Å²) in [5.74, 6) is -0.00354. The topological polar surface area (TPSA) is 54.4 Å². The first-order valence-electron chi connectivity index (χ1n) is 7.42. The second-order valence-electron chi connectivity index (χ2n) is 6.13. The second kappa shape index (κ2) is 6.23. The van der Waals surface area contributed by atoms with Gasteiger partial charge in [-0.15, -0.1) is 0 Å². The molecule has 0 amide bonds. The summed E-state index contributed by atoms with van der Waals surface area (Å²) in [5.41, 5.74) is 3.33. The summed E-state index contributed by atoms with van der Waals surface area (Å²) in [6, 6.07) is 13.6. The summed E-state index contributed by atoms with van der Waals surface area (Å²) in [7, 11) is -4.25. The Morgan fingerprint density at radius 3 is 1.64 bits per heavy atom. The Hall–Kier alpha value is -1.65. The summed E-state index contributed by atoms with van der Waals surface area (Å²) in [6.07, 6.45) is 0. The zero-order valence-corrected chi connectivity index (χ0v) is 14.2. The molecule has 0 saturated carbocycles. The van der Waals surface area contributed by atoms with Crippen molar-refractivity contribution in [3.8, 4) is 11.1 Å². The molecule has 0 aliphatic rings. The quantitative estimate of drug-likeness (QED) is 0.820. The molecule has 2 rings (SSSR count). The first kappa shape index (κ1) is 16.7. The van der Waals surface area contributed by atoms with Crippen LogP contribution in [-0.2, 0) is 10.1 Å². The normalized spacial score (nSPS) is 12.1. The number of benzene rings is 2. The summed E-state index contributed by atoms with van der Waals surface area (Å²) < 4.78 is 33.5. The van der Waals surface area contributed by atoms with Gasteiger partial charge in [-0.25, -0.2) is 0 Å². The van der Waals surface area contributed by atoms with E-state index in [-0.39, 0.29) is 16.7 Å². The maximum Gasteiger partial charge on any atom is 0.295 e. The second-order valence-corrected chi connectivity index (χ2v) is 7.49. The molecule has 118 valence electrons. The maximum atomic E-state index is 11.9. The highest BCUT2D eigenvalue weighted by molar-refractivity contribution is 7.86. The van der Waals surface area contributed by atoms with E-state index < -0.39 is 10.1 Å². The fourth-order valence-electron chi connectivity index (χ4n) is 2.63. The molecule has 0 unspecified atom stereocenters. The van der Waals surface area contributed by atoms with Crippen molar-refractivity contribution < 1.29 is 13.0 Å². The van der Waals surface area contributed by atoms with Crippen LogP contribution in [0.25, 0.3) is 11.1 Å². The van der Waals surface area contributed by atoms with Gasteiger partial charge < -0.3 is 0 Å². The predicted molar refractivity (Wildman–Crippen MR) is 89.9 cm³/mol. The highest BCUT2D eigenvalue weighted by Gasteiger charge is 2.24. The van der Waals surface area contributed by atoms with E-state index in [1.807, 2.05) is 70.2 Å². The average molecular weight is 318 g/mol. The zero-order chi connectivity index (χ0) is 16.5. The predicted octanol–water partition coefficient (Wildman–Crippen LogP) is 4.85. The van der Waals surface area contributed by atoms with Crippen LogP contribution in [0.5, 0.6) is 0 Å². The largest absolute Gasteiger partial charge is 0.295 e. The van der Waals surface area contributed by atoms with Gasteiger partial charge in [0, 0.05) is 0 Å². The molecule has 1 N–H and O–H groups in total. The molecule has 0 aromatic heterocycles. The van der Waals surface area contributed by atoms with Gasteiger partial charge in [-0.1, -0.05) is 58.0 Å². The Labute approximate surface area is 132 Å². The van der Waals surface area contributed by atoms with Gasteiger partial charge in [0.25, 0.3) is 10.1 Å². The zero-order valence-electron chi connectivity index (χ0n) is 13.4. The molecule has 2 aromatic rings. The van der Waals surface area contributed by atoms with Crippen molar-refractivity contribution in [2.45, 2.75) is 44.4 Å². The Morgan fingerprint density at radius 1 is 0.818 bits per heavy atom. The van der Waals surface area contributed by atoms with E-state index in [9.17, 15) is 13.0 Å². The third-order valence-electron chi connectivity index (χ3n) is 3.76. The van der Waals surface area contributed by atoms with Gasteiger partial charge in [-0.05, 0) is 46.2 Å². The monoisotopic (exact) mass is 318 g/mol. The molecule has 3 nitrogen and oxygen atoms in total. The third-order valence-corrected chi connectivity index (χ3v) is 4.74. The highest BCUT2D eigenvalue weighted by Crippen LogP contribution is 2.36. The van der Waals surface area contributed by atoms with Crippen molar-refractivity contribution in [1.82, 2.24) is 0 Å². The molecule has 0 spiro atoms. The van der Waals surface area contributed by atoms with E-state index in [2.05, 4.69) is 0 Å². The molecule has 0 radical (unpaired) electrons. The molecule has 0 saturated heterocycles. The van der Waals surface area contributed by atoms with Crippen LogP contribution < -0.4 is 0 Å². The Bertz CT molecular complexity index is 731. The van der Waals surface area contributed by atoms with Crippen LogP contribution in [-0.4, -0.2) is 13.0 Å². The minimum Gasteiger partial charge on any atom is -0.282 e.